The summed E-state index contributed by atoms with van der Waals surface area (Å²) in [6.07, 6.45) is -0.0416. The molecule has 0 spiro atoms. The standard InChI is InChI=1S/C16H20FNO4/c1-21-14(19)16(7-9-17)8-10-18(12-16)15(20)22-11-13-5-3-2-4-6-13/h2-6H,7-12H2,1H3. The van der Waals surface area contributed by atoms with E-state index in [0.717, 1.165) is 5.56 Å². The molecule has 0 bridgehead atoms. The zero-order valence-electron chi connectivity index (χ0n) is 12.6. The molecule has 6 heteroatoms. The molecule has 0 saturated carbocycles. The Hall–Kier alpha value is -2.11. The number of nitrogens with zero attached hydrogens (tertiary/aromatic N) is 1. The first-order valence-electron chi connectivity index (χ1n) is 7.21. The summed E-state index contributed by atoms with van der Waals surface area (Å²) in [6.45, 7) is 0.0481. The zero-order valence-corrected chi connectivity index (χ0v) is 12.6. The van der Waals surface area contributed by atoms with Gasteiger partial charge in [0.2, 0.25) is 0 Å². The number of methoxy groups -OCH3 is 1. The Labute approximate surface area is 129 Å². The molecule has 0 N–H and O–H groups in total. The summed E-state index contributed by atoms with van der Waals surface area (Å²) in [5, 5.41) is 0. The number of carbonyl (C=O) groups is 2. The highest BCUT2D eigenvalue weighted by Crippen LogP contribution is 2.35. The Bertz CT molecular complexity index is 522. The molecule has 1 amide bonds. The van der Waals surface area contributed by atoms with Crippen LogP contribution in [0.25, 0.3) is 0 Å². The largest absolute Gasteiger partial charge is 0.469 e. The van der Waals surface area contributed by atoms with E-state index in [-0.39, 0.29) is 19.6 Å². The highest BCUT2D eigenvalue weighted by atomic mass is 19.1. The third kappa shape index (κ3) is 3.55. The molecule has 1 unspecified atom stereocenters. The Morgan fingerprint density at radius 2 is 2.05 bits per heavy atom. The van der Waals surface area contributed by atoms with E-state index >= 15 is 0 Å². The lowest BCUT2D eigenvalue weighted by molar-refractivity contribution is -0.152. The van der Waals surface area contributed by atoms with Crippen molar-refractivity contribution in [2.24, 2.45) is 5.41 Å². The van der Waals surface area contributed by atoms with Crippen LogP contribution in [-0.4, -0.2) is 43.8 Å². The van der Waals surface area contributed by atoms with Crippen LogP contribution < -0.4 is 0 Å². The molecule has 120 valence electrons. The van der Waals surface area contributed by atoms with Gasteiger partial charge in [-0.05, 0) is 18.4 Å². The van der Waals surface area contributed by atoms with E-state index in [1.807, 2.05) is 30.3 Å². The second-order valence-corrected chi connectivity index (χ2v) is 5.42. The molecule has 1 fully saturated rings. The highest BCUT2D eigenvalue weighted by Gasteiger charge is 2.47. The van der Waals surface area contributed by atoms with Crippen LogP contribution in [0.3, 0.4) is 0 Å². The molecule has 1 aromatic carbocycles. The Morgan fingerprint density at radius 3 is 2.68 bits per heavy atom. The maximum Gasteiger partial charge on any atom is 0.410 e. The molecular weight excluding hydrogens is 289 g/mol. The SMILES string of the molecule is COC(=O)C1(CCF)CCN(C(=O)OCc2ccccc2)C1. The zero-order chi connectivity index (χ0) is 16.0. The fourth-order valence-electron chi connectivity index (χ4n) is 2.71. The van der Waals surface area contributed by atoms with Gasteiger partial charge in [-0.2, -0.15) is 0 Å². The second kappa shape index (κ2) is 7.24. The molecule has 0 radical (unpaired) electrons. The molecule has 0 aliphatic carbocycles. The average Bonchev–Trinajstić information content (AvgIpc) is 2.98. The lowest BCUT2D eigenvalue weighted by Crippen LogP contribution is -2.38. The minimum atomic E-state index is -0.949. The maximum atomic E-state index is 12.7. The van der Waals surface area contributed by atoms with Crippen molar-refractivity contribution in [2.75, 3.05) is 26.9 Å². The van der Waals surface area contributed by atoms with E-state index in [2.05, 4.69) is 0 Å². The van der Waals surface area contributed by atoms with Gasteiger partial charge >= 0.3 is 12.1 Å². The van der Waals surface area contributed by atoms with Gasteiger partial charge in [-0.1, -0.05) is 30.3 Å². The van der Waals surface area contributed by atoms with Crippen molar-refractivity contribution in [1.29, 1.82) is 0 Å². The molecule has 2 rings (SSSR count). The molecule has 22 heavy (non-hydrogen) atoms. The smallest absolute Gasteiger partial charge is 0.410 e. The van der Waals surface area contributed by atoms with Gasteiger partial charge in [0, 0.05) is 13.1 Å². The van der Waals surface area contributed by atoms with Gasteiger partial charge in [-0.15, -0.1) is 0 Å². The van der Waals surface area contributed by atoms with E-state index in [4.69, 9.17) is 9.47 Å². The van der Waals surface area contributed by atoms with Gasteiger partial charge in [0.25, 0.3) is 0 Å². The topological polar surface area (TPSA) is 55.8 Å². The summed E-state index contributed by atoms with van der Waals surface area (Å²) in [5.41, 5.74) is -0.0621. The molecule has 1 aliphatic rings. The minimum Gasteiger partial charge on any atom is -0.469 e. The molecule has 0 aromatic heterocycles. The van der Waals surface area contributed by atoms with Crippen LogP contribution in [0.15, 0.2) is 30.3 Å². The van der Waals surface area contributed by atoms with Crippen molar-refractivity contribution in [1.82, 2.24) is 4.90 Å². The third-order valence-corrected chi connectivity index (χ3v) is 4.01. The van der Waals surface area contributed by atoms with Gasteiger partial charge < -0.3 is 14.4 Å². The number of hydrogen-bond acceptors (Lipinski definition) is 4. The van der Waals surface area contributed by atoms with E-state index in [9.17, 15) is 14.0 Å². The maximum absolute atomic E-state index is 12.7. The first kappa shape index (κ1) is 16.3. The van der Waals surface area contributed by atoms with Gasteiger partial charge in [0.15, 0.2) is 0 Å². The van der Waals surface area contributed by atoms with Crippen LogP contribution in [-0.2, 0) is 20.9 Å². The highest BCUT2D eigenvalue weighted by molar-refractivity contribution is 5.79. The van der Waals surface area contributed by atoms with Gasteiger partial charge in [-0.3, -0.25) is 9.18 Å². The first-order valence-corrected chi connectivity index (χ1v) is 7.21. The lowest BCUT2D eigenvalue weighted by atomic mass is 9.84. The van der Waals surface area contributed by atoms with E-state index in [1.165, 1.54) is 12.0 Å². The Morgan fingerprint density at radius 1 is 1.32 bits per heavy atom. The molecule has 5 nitrogen and oxygen atoms in total. The molecule has 1 atom stereocenters. The monoisotopic (exact) mass is 309 g/mol. The van der Waals surface area contributed by atoms with Crippen molar-refractivity contribution in [3.63, 3.8) is 0 Å². The molecule has 1 aromatic rings. The fraction of sp³-hybridized carbons (Fsp3) is 0.500. The predicted molar refractivity (Wildman–Crippen MR) is 77.9 cm³/mol. The van der Waals surface area contributed by atoms with Crippen molar-refractivity contribution in [2.45, 2.75) is 19.4 Å². The summed E-state index contributed by atoms with van der Waals surface area (Å²) in [4.78, 5) is 25.4. The van der Waals surface area contributed by atoms with Gasteiger partial charge in [0.1, 0.15) is 6.61 Å². The number of amides is 1. The molecular formula is C16H20FNO4. The Balaban J connectivity index is 1.93. The summed E-state index contributed by atoms with van der Waals surface area (Å²) in [7, 11) is 1.28. The summed E-state index contributed by atoms with van der Waals surface area (Å²) in [5.74, 6) is -0.469. The van der Waals surface area contributed by atoms with E-state index in [1.54, 1.807) is 0 Å². The number of benzene rings is 1. The van der Waals surface area contributed by atoms with Gasteiger partial charge in [0.05, 0.1) is 19.2 Å². The number of hydrogen-bond donors (Lipinski definition) is 0. The molecule has 1 saturated heterocycles. The Kier molecular flexibility index (Phi) is 5.35. The van der Waals surface area contributed by atoms with E-state index < -0.39 is 24.2 Å². The van der Waals surface area contributed by atoms with Crippen molar-refractivity contribution in [3.05, 3.63) is 35.9 Å². The van der Waals surface area contributed by atoms with Crippen LogP contribution in [0.4, 0.5) is 9.18 Å². The number of likely N-dealkylation sites (tertiary alicyclic amines) is 1. The van der Waals surface area contributed by atoms with Crippen LogP contribution in [0.1, 0.15) is 18.4 Å². The quantitative estimate of drug-likeness (QED) is 0.784. The summed E-state index contributed by atoms with van der Waals surface area (Å²) >= 11 is 0. The van der Waals surface area contributed by atoms with Crippen molar-refractivity contribution in [3.8, 4) is 0 Å². The third-order valence-electron chi connectivity index (χ3n) is 4.01. The lowest BCUT2D eigenvalue weighted by Gasteiger charge is -2.25. The van der Waals surface area contributed by atoms with Crippen molar-refractivity contribution >= 4 is 12.1 Å². The predicted octanol–water partition coefficient (Wildman–Crippen LogP) is 2.55. The number of carbonyl (C=O) groups excluding carboxylic acids is 2. The fourth-order valence-corrected chi connectivity index (χ4v) is 2.71. The number of rotatable bonds is 5. The van der Waals surface area contributed by atoms with Crippen molar-refractivity contribution < 1.29 is 23.5 Å². The number of esters is 1. The molecule has 1 heterocycles. The van der Waals surface area contributed by atoms with Gasteiger partial charge in [-0.25, -0.2) is 4.79 Å². The number of halogens is 1. The molecule has 1 aliphatic heterocycles. The minimum absolute atomic E-state index is 0.0577. The summed E-state index contributed by atoms with van der Waals surface area (Å²) in [6, 6.07) is 9.33. The normalized spacial score (nSPS) is 20.7. The summed E-state index contributed by atoms with van der Waals surface area (Å²) < 4.78 is 22.7. The number of ether oxygens (including phenoxy) is 2. The van der Waals surface area contributed by atoms with E-state index in [0.29, 0.717) is 13.0 Å². The van der Waals surface area contributed by atoms with Crippen LogP contribution >= 0.6 is 0 Å². The second-order valence-electron chi connectivity index (χ2n) is 5.42. The first-order chi connectivity index (χ1) is 10.6. The van der Waals surface area contributed by atoms with Crippen LogP contribution in [0, 0.1) is 5.41 Å². The van der Waals surface area contributed by atoms with Crippen LogP contribution in [0.2, 0.25) is 0 Å². The number of alkyl halides is 1. The van der Waals surface area contributed by atoms with Crippen LogP contribution in [0.5, 0.6) is 0 Å². The average molecular weight is 309 g/mol.